The molecule has 2 rings (SSSR count). The number of rotatable bonds is 4. The molecule has 0 bridgehead atoms. The molecule has 0 N–H and O–H groups in total. The predicted octanol–water partition coefficient (Wildman–Crippen LogP) is 2.29. The number of ketones is 1. The van der Waals surface area contributed by atoms with E-state index in [1.54, 1.807) is 23.1 Å². The molecule has 0 spiro atoms. The standard InChI is InChI=1S/C11H13N3OS/c1-3-6-14-9(4-5-13-14)11(15)10-7-12-8(2)16-10/h4-5,7H,3,6H2,1-2H3. The Morgan fingerprint density at radius 2 is 2.38 bits per heavy atom. The summed E-state index contributed by atoms with van der Waals surface area (Å²) in [4.78, 5) is 16.9. The van der Waals surface area contributed by atoms with E-state index in [4.69, 9.17) is 0 Å². The van der Waals surface area contributed by atoms with Crippen LogP contribution in [0.25, 0.3) is 0 Å². The summed E-state index contributed by atoms with van der Waals surface area (Å²) in [5.41, 5.74) is 0.644. The van der Waals surface area contributed by atoms with Crippen LogP contribution in [0.2, 0.25) is 0 Å². The average molecular weight is 235 g/mol. The van der Waals surface area contributed by atoms with Gasteiger partial charge >= 0.3 is 0 Å². The summed E-state index contributed by atoms with van der Waals surface area (Å²) in [7, 11) is 0. The van der Waals surface area contributed by atoms with Crippen LogP contribution in [0, 0.1) is 6.92 Å². The van der Waals surface area contributed by atoms with E-state index >= 15 is 0 Å². The zero-order valence-corrected chi connectivity index (χ0v) is 10.1. The molecule has 0 aliphatic heterocycles. The van der Waals surface area contributed by atoms with E-state index in [1.807, 2.05) is 6.92 Å². The van der Waals surface area contributed by atoms with E-state index in [-0.39, 0.29) is 5.78 Å². The minimum absolute atomic E-state index is 0.0107. The van der Waals surface area contributed by atoms with Crippen LogP contribution in [0.4, 0.5) is 0 Å². The summed E-state index contributed by atoms with van der Waals surface area (Å²) in [5, 5.41) is 5.05. The van der Waals surface area contributed by atoms with Gasteiger partial charge in [0.25, 0.3) is 0 Å². The fourth-order valence-electron chi connectivity index (χ4n) is 1.51. The molecule has 0 atom stereocenters. The molecular formula is C11H13N3OS. The smallest absolute Gasteiger partial charge is 0.222 e. The number of carbonyl (C=O) groups is 1. The first kappa shape index (κ1) is 11.0. The van der Waals surface area contributed by atoms with Crippen LogP contribution in [0.15, 0.2) is 18.5 Å². The molecule has 0 fully saturated rings. The largest absolute Gasteiger partial charge is 0.286 e. The van der Waals surface area contributed by atoms with Gasteiger partial charge in [-0.25, -0.2) is 4.98 Å². The van der Waals surface area contributed by atoms with Gasteiger partial charge in [-0.15, -0.1) is 11.3 Å². The fourth-order valence-corrected chi connectivity index (χ4v) is 2.23. The molecule has 16 heavy (non-hydrogen) atoms. The van der Waals surface area contributed by atoms with Crippen molar-refractivity contribution in [3.63, 3.8) is 0 Å². The van der Waals surface area contributed by atoms with Gasteiger partial charge in [0.15, 0.2) is 0 Å². The molecule has 0 aliphatic carbocycles. The third-order valence-electron chi connectivity index (χ3n) is 2.23. The number of carbonyl (C=O) groups excluding carboxylic acids is 1. The summed E-state index contributed by atoms with van der Waals surface area (Å²) >= 11 is 1.42. The number of aromatic nitrogens is 3. The monoisotopic (exact) mass is 235 g/mol. The van der Waals surface area contributed by atoms with E-state index in [0.29, 0.717) is 10.6 Å². The number of thiazole rings is 1. The maximum atomic E-state index is 12.1. The summed E-state index contributed by atoms with van der Waals surface area (Å²) in [6.45, 7) is 4.73. The Kier molecular flexibility index (Phi) is 3.14. The van der Waals surface area contributed by atoms with Gasteiger partial charge in [0, 0.05) is 18.9 Å². The van der Waals surface area contributed by atoms with Crippen LogP contribution in [-0.4, -0.2) is 20.5 Å². The van der Waals surface area contributed by atoms with Crippen molar-refractivity contribution in [1.82, 2.24) is 14.8 Å². The highest BCUT2D eigenvalue weighted by atomic mass is 32.1. The first-order valence-corrected chi connectivity index (χ1v) is 6.03. The van der Waals surface area contributed by atoms with Crippen molar-refractivity contribution < 1.29 is 4.79 Å². The summed E-state index contributed by atoms with van der Waals surface area (Å²) in [5.74, 6) is 0.0107. The quantitative estimate of drug-likeness (QED) is 0.764. The second-order valence-corrected chi connectivity index (χ2v) is 4.75. The van der Waals surface area contributed by atoms with E-state index in [9.17, 15) is 4.79 Å². The lowest BCUT2D eigenvalue weighted by Gasteiger charge is -2.02. The number of hydrogen-bond donors (Lipinski definition) is 0. The lowest BCUT2D eigenvalue weighted by atomic mass is 10.2. The molecule has 0 saturated carbocycles. The van der Waals surface area contributed by atoms with Crippen LogP contribution in [0.3, 0.4) is 0 Å². The second-order valence-electron chi connectivity index (χ2n) is 3.51. The fraction of sp³-hybridized carbons (Fsp3) is 0.364. The Morgan fingerprint density at radius 3 is 3.00 bits per heavy atom. The van der Waals surface area contributed by atoms with Crippen molar-refractivity contribution >= 4 is 17.1 Å². The molecule has 0 amide bonds. The van der Waals surface area contributed by atoms with E-state index in [0.717, 1.165) is 18.0 Å². The highest BCUT2D eigenvalue weighted by Gasteiger charge is 2.16. The SMILES string of the molecule is CCCn1nccc1C(=O)c1cnc(C)s1. The molecule has 5 heteroatoms. The molecule has 2 aromatic heterocycles. The molecular weight excluding hydrogens is 222 g/mol. The van der Waals surface area contributed by atoms with Gasteiger partial charge in [0.1, 0.15) is 5.69 Å². The third kappa shape index (κ3) is 2.04. The van der Waals surface area contributed by atoms with Crippen LogP contribution < -0.4 is 0 Å². The first-order valence-electron chi connectivity index (χ1n) is 5.21. The zero-order chi connectivity index (χ0) is 11.5. The molecule has 0 unspecified atom stereocenters. The maximum absolute atomic E-state index is 12.1. The highest BCUT2D eigenvalue weighted by Crippen LogP contribution is 2.16. The zero-order valence-electron chi connectivity index (χ0n) is 9.30. The Morgan fingerprint density at radius 1 is 1.56 bits per heavy atom. The lowest BCUT2D eigenvalue weighted by Crippen LogP contribution is -2.10. The molecule has 0 aliphatic rings. The van der Waals surface area contributed by atoms with Crippen LogP contribution >= 0.6 is 11.3 Å². The predicted molar refractivity (Wildman–Crippen MR) is 62.8 cm³/mol. The van der Waals surface area contributed by atoms with E-state index < -0.39 is 0 Å². The number of aryl methyl sites for hydroxylation is 2. The van der Waals surface area contributed by atoms with Gasteiger partial charge in [0.05, 0.1) is 9.88 Å². The minimum atomic E-state index is 0.0107. The minimum Gasteiger partial charge on any atom is -0.286 e. The van der Waals surface area contributed by atoms with Crippen molar-refractivity contribution in [2.45, 2.75) is 26.8 Å². The van der Waals surface area contributed by atoms with Crippen LogP contribution in [-0.2, 0) is 6.54 Å². The molecule has 0 saturated heterocycles. The Labute approximate surface area is 97.9 Å². The number of hydrogen-bond acceptors (Lipinski definition) is 4. The molecule has 0 radical (unpaired) electrons. The Balaban J connectivity index is 2.30. The molecule has 2 aromatic rings. The maximum Gasteiger partial charge on any atom is 0.222 e. The topological polar surface area (TPSA) is 47.8 Å². The van der Waals surface area contributed by atoms with Crippen molar-refractivity contribution in [1.29, 1.82) is 0 Å². The van der Waals surface area contributed by atoms with Gasteiger partial charge in [-0.05, 0) is 19.4 Å². The normalized spacial score (nSPS) is 10.6. The molecule has 4 nitrogen and oxygen atoms in total. The van der Waals surface area contributed by atoms with Gasteiger partial charge < -0.3 is 0 Å². The van der Waals surface area contributed by atoms with Gasteiger partial charge in [-0.1, -0.05) is 6.92 Å². The van der Waals surface area contributed by atoms with E-state index in [2.05, 4.69) is 17.0 Å². The van der Waals surface area contributed by atoms with Crippen molar-refractivity contribution in [3.05, 3.63) is 34.0 Å². The van der Waals surface area contributed by atoms with Gasteiger partial charge in [-0.2, -0.15) is 5.10 Å². The molecule has 2 heterocycles. The Hall–Kier alpha value is -1.49. The van der Waals surface area contributed by atoms with Crippen molar-refractivity contribution in [3.8, 4) is 0 Å². The van der Waals surface area contributed by atoms with Crippen LogP contribution in [0.1, 0.15) is 33.7 Å². The summed E-state index contributed by atoms with van der Waals surface area (Å²) in [6.07, 6.45) is 4.26. The molecule has 0 aromatic carbocycles. The molecule has 84 valence electrons. The van der Waals surface area contributed by atoms with Gasteiger partial charge in [-0.3, -0.25) is 9.48 Å². The van der Waals surface area contributed by atoms with Crippen molar-refractivity contribution in [2.75, 3.05) is 0 Å². The van der Waals surface area contributed by atoms with Crippen LogP contribution in [0.5, 0.6) is 0 Å². The average Bonchev–Trinajstić information content (AvgIpc) is 2.87. The summed E-state index contributed by atoms with van der Waals surface area (Å²) < 4.78 is 1.75. The third-order valence-corrected chi connectivity index (χ3v) is 3.14. The second kappa shape index (κ2) is 4.57. The Bertz CT molecular complexity index is 501. The number of nitrogens with zero attached hydrogens (tertiary/aromatic N) is 3. The first-order chi connectivity index (χ1) is 7.72. The summed E-state index contributed by atoms with van der Waals surface area (Å²) in [6, 6.07) is 1.76. The lowest BCUT2D eigenvalue weighted by molar-refractivity contribution is 0.103. The van der Waals surface area contributed by atoms with Crippen molar-refractivity contribution in [2.24, 2.45) is 0 Å². The van der Waals surface area contributed by atoms with E-state index in [1.165, 1.54) is 11.3 Å². The highest BCUT2D eigenvalue weighted by molar-refractivity contribution is 7.13. The van der Waals surface area contributed by atoms with Gasteiger partial charge in [0.2, 0.25) is 5.78 Å².